The van der Waals surface area contributed by atoms with Gasteiger partial charge in [0, 0.05) is 29.6 Å². The molecular formula is C20H22N2O6S2. The van der Waals surface area contributed by atoms with E-state index in [4.69, 9.17) is 9.47 Å². The molecule has 0 aliphatic carbocycles. The first kappa shape index (κ1) is 22.0. The maximum Gasteiger partial charge on any atom is 0.225 e. The van der Waals surface area contributed by atoms with E-state index in [0.717, 1.165) is 4.90 Å². The quantitative estimate of drug-likeness (QED) is 0.667. The molecule has 3 rings (SSSR count). The van der Waals surface area contributed by atoms with Crippen LogP contribution in [0.15, 0.2) is 46.2 Å². The Hall–Kier alpha value is -2.72. The Morgan fingerprint density at radius 2 is 1.97 bits per heavy atom. The lowest BCUT2D eigenvalue weighted by Gasteiger charge is -2.12. The van der Waals surface area contributed by atoms with Gasteiger partial charge in [0.25, 0.3) is 0 Å². The van der Waals surface area contributed by atoms with Gasteiger partial charge in [0.2, 0.25) is 11.8 Å². The summed E-state index contributed by atoms with van der Waals surface area (Å²) in [5.74, 6) is 0.645. The number of sulfone groups is 1. The molecule has 0 bridgehead atoms. The molecule has 2 aromatic rings. The highest BCUT2D eigenvalue weighted by Crippen LogP contribution is 2.33. The van der Waals surface area contributed by atoms with Gasteiger partial charge in [0.1, 0.15) is 11.5 Å². The van der Waals surface area contributed by atoms with Gasteiger partial charge in [0.05, 0.1) is 36.2 Å². The van der Waals surface area contributed by atoms with Gasteiger partial charge in [-0.15, -0.1) is 11.8 Å². The minimum Gasteiger partial charge on any atom is -0.497 e. The number of hydrogen-bond donors (Lipinski definition) is 2. The van der Waals surface area contributed by atoms with Crippen molar-refractivity contribution in [2.24, 2.45) is 0 Å². The van der Waals surface area contributed by atoms with Crippen molar-refractivity contribution in [3.63, 3.8) is 0 Å². The maximum atomic E-state index is 12.7. The molecule has 1 heterocycles. The second kappa shape index (κ2) is 9.40. The number of amides is 2. The number of carbonyl (C=O) groups excluding carboxylic acids is 2. The Labute approximate surface area is 179 Å². The average Bonchev–Trinajstić information content (AvgIpc) is 2.92. The van der Waals surface area contributed by atoms with E-state index >= 15 is 0 Å². The number of methoxy groups -OCH3 is 2. The van der Waals surface area contributed by atoms with Crippen LogP contribution >= 0.6 is 11.8 Å². The Morgan fingerprint density at radius 3 is 2.70 bits per heavy atom. The summed E-state index contributed by atoms with van der Waals surface area (Å²) in [6, 6.07) is 9.54. The SMILES string of the molecule is COc1ccc(NC(=O)CCS(=O)(=O)c2ccc3c(c2)NC(=O)CCS3)c(OC)c1. The zero-order chi connectivity index (χ0) is 21.7. The second-order valence-electron chi connectivity index (χ2n) is 6.49. The van der Waals surface area contributed by atoms with Crippen molar-refractivity contribution in [2.75, 3.05) is 36.4 Å². The summed E-state index contributed by atoms with van der Waals surface area (Å²) in [4.78, 5) is 24.9. The van der Waals surface area contributed by atoms with Crippen LogP contribution in [0.2, 0.25) is 0 Å². The highest BCUT2D eigenvalue weighted by molar-refractivity contribution is 7.99. The molecule has 0 radical (unpaired) electrons. The number of hydrogen-bond acceptors (Lipinski definition) is 7. The topological polar surface area (TPSA) is 111 Å². The first-order valence-electron chi connectivity index (χ1n) is 9.14. The smallest absolute Gasteiger partial charge is 0.225 e. The fraction of sp³-hybridized carbons (Fsp3) is 0.300. The molecule has 160 valence electrons. The van der Waals surface area contributed by atoms with Gasteiger partial charge in [-0.25, -0.2) is 8.42 Å². The van der Waals surface area contributed by atoms with Gasteiger partial charge < -0.3 is 20.1 Å². The van der Waals surface area contributed by atoms with Crippen LogP contribution in [-0.4, -0.2) is 46.0 Å². The molecule has 0 unspecified atom stereocenters. The predicted octanol–water partition coefficient (Wildman–Crippen LogP) is 2.94. The average molecular weight is 451 g/mol. The molecule has 0 aromatic heterocycles. The number of ether oxygens (including phenoxy) is 2. The number of anilines is 2. The van der Waals surface area contributed by atoms with Crippen molar-refractivity contribution in [2.45, 2.75) is 22.6 Å². The Balaban J connectivity index is 1.68. The lowest BCUT2D eigenvalue weighted by atomic mass is 10.2. The molecule has 2 aromatic carbocycles. The van der Waals surface area contributed by atoms with Crippen LogP contribution in [0.25, 0.3) is 0 Å². The maximum absolute atomic E-state index is 12.7. The lowest BCUT2D eigenvalue weighted by molar-refractivity contribution is -0.116. The molecule has 30 heavy (non-hydrogen) atoms. The van der Waals surface area contributed by atoms with Gasteiger partial charge in [-0.2, -0.15) is 0 Å². The zero-order valence-corrected chi connectivity index (χ0v) is 18.2. The van der Waals surface area contributed by atoms with Crippen molar-refractivity contribution >= 4 is 44.8 Å². The molecule has 8 nitrogen and oxygen atoms in total. The number of nitrogens with one attached hydrogen (secondary N) is 2. The number of fused-ring (bicyclic) bond motifs is 1. The van der Waals surface area contributed by atoms with Crippen molar-refractivity contribution in [3.05, 3.63) is 36.4 Å². The van der Waals surface area contributed by atoms with Crippen LogP contribution in [0, 0.1) is 0 Å². The number of thioether (sulfide) groups is 1. The van der Waals surface area contributed by atoms with Gasteiger partial charge in [-0.1, -0.05) is 0 Å². The molecule has 1 aliphatic heterocycles. The predicted molar refractivity (Wildman–Crippen MR) is 115 cm³/mol. The third kappa shape index (κ3) is 5.25. The summed E-state index contributed by atoms with van der Waals surface area (Å²) in [6.07, 6.45) is 0.145. The zero-order valence-electron chi connectivity index (χ0n) is 16.6. The Morgan fingerprint density at radius 1 is 1.17 bits per heavy atom. The highest BCUT2D eigenvalue weighted by Gasteiger charge is 2.21. The van der Waals surface area contributed by atoms with E-state index in [1.807, 2.05) is 0 Å². The monoisotopic (exact) mass is 450 g/mol. The molecular weight excluding hydrogens is 428 g/mol. The van der Waals surface area contributed by atoms with Gasteiger partial charge in [-0.05, 0) is 30.3 Å². The standard InChI is InChI=1S/C20H22N2O6S2/c1-27-13-3-5-15(17(11-13)28-2)21-20(24)8-10-30(25,26)14-4-6-18-16(12-14)22-19(23)7-9-29-18/h3-6,11-12H,7-10H2,1-2H3,(H,21,24)(H,22,23). The van der Waals surface area contributed by atoms with Gasteiger partial charge in [0.15, 0.2) is 9.84 Å². The van der Waals surface area contributed by atoms with E-state index in [2.05, 4.69) is 10.6 Å². The summed E-state index contributed by atoms with van der Waals surface area (Å²) in [7, 11) is -0.729. The number of benzene rings is 2. The van der Waals surface area contributed by atoms with E-state index in [1.165, 1.54) is 38.1 Å². The van der Waals surface area contributed by atoms with Gasteiger partial charge in [-0.3, -0.25) is 9.59 Å². The number of rotatable bonds is 7. The molecule has 0 saturated heterocycles. The van der Waals surface area contributed by atoms with Crippen LogP contribution in [0.5, 0.6) is 11.5 Å². The molecule has 1 aliphatic rings. The van der Waals surface area contributed by atoms with Crippen molar-refractivity contribution in [1.82, 2.24) is 0 Å². The van der Waals surface area contributed by atoms with Crippen LogP contribution in [0.4, 0.5) is 11.4 Å². The minimum absolute atomic E-state index is 0.0684. The van der Waals surface area contributed by atoms with Gasteiger partial charge >= 0.3 is 0 Å². The third-order valence-corrected chi connectivity index (χ3v) is 7.24. The first-order valence-corrected chi connectivity index (χ1v) is 11.8. The summed E-state index contributed by atoms with van der Waals surface area (Å²) in [5, 5.41) is 5.38. The molecule has 0 atom stereocenters. The van der Waals surface area contributed by atoms with E-state index in [9.17, 15) is 18.0 Å². The van der Waals surface area contributed by atoms with Crippen molar-refractivity contribution in [3.8, 4) is 11.5 Å². The minimum atomic E-state index is -3.71. The number of carbonyl (C=O) groups is 2. The molecule has 10 heteroatoms. The normalized spacial score (nSPS) is 13.6. The fourth-order valence-corrected chi connectivity index (χ4v) is 5.05. The van der Waals surface area contributed by atoms with Crippen LogP contribution in [-0.2, 0) is 19.4 Å². The molecule has 0 saturated carbocycles. The third-order valence-electron chi connectivity index (χ3n) is 4.45. The van der Waals surface area contributed by atoms with E-state index < -0.39 is 15.7 Å². The highest BCUT2D eigenvalue weighted by atomic mass is 32.2. The van der Waals surface area contributed by atoms with E-state index in [0.29, 0.717) is 35.0 Å². The molecule has 0 spiro atoms. The molecule has 2 amide bonds. The van der Waals surface area contributed by atoms with Crippen LogP contribution in [0.3, 0.4) is 0 Å². The van der Waals surface area contributed by atoms with Crippen molar-refractivity contribution in [1.29, 1.82) is 0 Å². The fourth-order valence-electron chi connectivity index (χ4n) is 2.85. The summed E-state index contributed by atoms with van der Waals surface area (Å²) in [5.41, 5.74) is 0.904. The summed E-state index contributed by atoms with van der Waals surface area (Å²) < 4.78 is 35.8. The van der Waals surface area contributed by atoms with E-state index in [-0.39, 0.29) is 23.0 Å². The molecule has 0 fully saturated rings. The Bertz CT molecular complexity index is 1070. The Kier molecular flexibility index (Phi) is 6.88. The van der Waals surface area contributed by atoms with Crippen LogP contribution < -0.4 is 20.1 Å². The lowest BCUT2D eigenvalue weighted by Crippen LogP contribution is -2.18. The molecule has 2 N–H and O–H groups in total. The van der Waals surface area contributed by atoms with Crippen molar-refractivity contribution < 1.29 is 27.5 Å². The van der Waals surface area contributed by atoms with E-state index in [1.54, 1.807) is 24.3 Å². The summed E-state index contributed by atoms with van der Waals surface area (Å²) >= 11 is 1.50. The first-order chi connectivity index (χ1) is 14.3. The summed E-state index contributed by atoms with van der Waals surface area (Å²) in [6.45, 7) is 0. The second-order valence-corrected chi connectivity index (χ2v) is 9.73. The van der Waals surface area contributed by atoms with Crippen LogP contribution in [0.1, 0.15) is 12.8 Å². The largest absolute Gasteiger partial charge is 0.497 e.